The van der Waals surface area contributed by atoms with Crippen molar-refractivity contribution in [1.82, 2.24) is 5.32 Å². The largest absolute Gasteiger partial charge is 0.423 e. The monoisotopic (exact) mass is 444 g/mol. The molecule has 0 unspecified atom stereocenters. The van der Waals surface area contributed by atoms with Gasteiger partial charge in [-0.15, -0.1) is 0 Å². The fourth-order valence-corrected chi connectivity index (χ4v) is 3.61. The molecule has 7 N–H and O–H groups in total. The van der Waals surface area contributed by atoms with Gasteiger partial charge in [-0.2, -0.15) is 0 Å². The van der Waals surface area contributed by atoms with Gasteiger partial charge in [-0.05, 0) is 53.6 Å². The van der Waals surface area contributed by atoms with Crippen LogP contribution in [0, 0.1) is 5.41 Å². The van der Waals surface area contributed by atoms with Gasteiger partial charge < -0.3 is 26.8 Å². The standard InChI is InChI=1S/C24H24N6O3/c25-21(31)10-8-19-18-7-3-16(22(26)27)13-15(18)4-9-20(19)33-23(32)14-1-5-17(6-2-14)30-24-28-11-12-29-24/h1-7,9,13H,8,10-12H2,(H2,25,31)(H3,26,27)(H2,28,29,30). The van der Waals surface area contributed by atoms with Crippen molar-refractivity contribution in [3.8, 4) is 5.75 Å². The first-order valence-corrected chi connectivity index (χ1v) is 10.5. The third kappa shape index (κ3) is 5.09. The second-order valence-electron chi connectivity index (χ2n) is 7.61. The smallest absolute Gasteiger partial charge is 0.343 e. The Hall–Kier alpha value is -4.40. The second-order valence-corrected chi connectivity index (χ2v) is 7.61. The highest BCUT2D eigenvalue weighted by Crippen LogP contribution is 2.31. The van der Waals surface area contributed by atoms with Crippen molar-refractivity contribution in [3.63, 3.8) is 0 Å². The molecule has 3 aromatic carbocycles. The van der Waals surface area contributed by atoms with E-state index < -0.39 is 11.9 Å². The molecule has 168 valence electrons. The number of nitrogen functional groups attached to an aromatic ring is 1. The number of fused-ring (bicyclic) bond motifs is 1. The number of nitrogens with two attached hydrogens (primary N) is 2. The summed E-state index contributed by atoms with van der Waals surface area (Å²) in [5.41, 5.74) is 13.4. The summed E-state index contributed by atoms with van der Waals surface area (Å²) in [5.74, 6) is 0.0522. The number of nitrogens with one attached hydrogen (secondary N) is 3. The van der Waals surface area contributed by atoms with Crippen LogP contribution < -0.4 is 26.8 Å². The Morgan fingerprint density at radius 1 is 1.06 bits per heavy atom. The number of carbonyl (C=O) groups excluding carboxylic acids is 2. The number of guanidine groups is 1. The number of carbonyl (C=O) groups is 2. The molecule has 0 aliphatic carbocycles. The van der Waals surface area contributed by atoms with Crippen molar-refractivity contribution in [1.29, 1.82) is 5.41 Å². The minimum Gasteiger partial charge on any atom is -0.423 e. The highest BCUT2D eigenvalue weighted by molar-refractivity contribution is 6.01. The van der Waals surface area contributed by atoms with Crippen LogP contribution >= 0.6 is 0 Å². The molecule has 9 heteroatoms. The lowest BCUT2D eigenvalue weighted by Gasteiger charge is -2.14. The van der Waals surface area contributed by atoms with Crippen molar-refractivity contribution in [2.24, 2.45) is 16.5 Å². The number of esters is 1. The molecule has 0 atom stereocenters. The number of aryl methyl sites for hydroxylation is 1. The third-order valence-corrected chi connectivity index (χ3v) is 5.28. The van der Waals surface area contributed by atoms with E-state index in [1.54, 1.807) is 54.6 Å². The molecular weight excluding hydrogens is 420 g/mol. The van der Waals surface area contributed by atoms with Crippen LogP contribution in [0.15, 0.2) is 59.6 Å². The van der Waals surface area contributed by atoms with Crippen molar-refractivity contribution in [2.75, 3.05) is 18.4 Å². The average Bonchev–Trinajstić information content (AvgIpc) is 3.31. The molecule has 1 amide bonds. The van der Waals surface area contributed by atoms with E-state index in [1.807, 2.05) is 0 Å². The van der Waals surface area contributed by atoms with Crippen molar-refractivity contribution in [3.05, 3.63) is 71.3 Å². The lowest BCUT2D eigenvalue weighted by molar-refractivity contribution is -0.117. The maximum absolute atomic E-state index is 12.8. The molecule has 9 nitrogen and oxygen atoms in total. The first-order valence-electron chi connectivity index (χ1n) is 10.5. The van der Waals surface area contributed by atoms with E-state index >= 15 is 0 Å². The average molecular weight is 444 g/mol. The number of rotatable bonds is 7. The van der Waals surface area contributed by atoms with Gasteiger partial charge in [0.25, 0.3) is 0 Å². The molecule has 3 aromatic rings. The molecule has 1 aliphatic rings. The molecule has 0 saturated carbocycles. The van der Waals surface area contributed by atoms with E-state index in [2.05, 4.69) is 15.6 Å². The Morgan fingerprint density at radius 3 is 2.48 bits per heavy atom. The molecule has 0 radical (unpaired) electrons. The summed E-state index contributed by atoms with van der Waals surface area (Å²) in [6, 6.07) is 15.7. The number of aliphatic imine (C=N–C) groups is 1. The maximum Gasteiger partial charge on any atom is 0.343 e. The number of amides is 1. The molecule has 0 saturated heterocycles. The van der Waals surface area contributed by atoms with Gasteiger partial charge in [0, 0.05) is 29.8 Å². The minimum absolute atomic E-state index is 0.0418. The van der Waals surface area contributed by atoms with Gasteiger partial charge >= 0.3 is 5.97 Å². The zero-order valence-electron chi connectivity index (χ0n) is 17.9. The van der Waals surface area contributed by atoms with Gasteiger partial charge in [-0.3, -0.25) is 15.2 Å². The van der Waals surface area contributed by atoms with Crippen LogP contribution in [-0.4, -0.2) is 36.8 Å². The highest BCUT2D eigenvalue weighted by atomic mass is 16.5. The van der Waals surface area contributed by atoms with E-state index in [1.165, 1.54) is 0 Å². The number of anilines is 1. The molecule has 4 rings (SSSR count). The Kier molecular flexibility index (Phi) is 6.21. The highest BCUT2D eigenvalue weighted by Gasteiger charge is 2.16. The molecule has 0 fully saturated rings. The summed E-state index contributed by atoms with van der Waals surface area (Å²) >= 11 is 0. The van der Waals surface area contributed by atoms with Crippen LogP contribution in [0.3, 0.4) is 0 Å². The van der Waals surface area contributed by atoms with Crippen LogP contribution in [0.25, 0.3) is 10.8 Å². The molecule has 1 heterocycles. The number of amidine groups is 1. The molecule has 33 heavy (non-hydrogen) atoms. The molecule has 0 aromatic heterocycles. The number of nitrogens with zero attached hydrogens (tertiary/aromatic N) is 1. The van der Waals surface area contributed by atoms with Crippen LogP contribution in [-0.2, 0) is 11.2 Å². The quantitative estimate of drug-likeness (QED) is 0.163. The Bertz CT molecular complexity index is 1270. The molecular formula is C24H24N6O3. The second kappa shape index (κ2) is 9.39. The van der Waals surface area contributed by atoms with Gasteiger partial charge in [0.05, 0.1) is 12.1 Å². The molecule has 1 aliphatic heterocycles. The zero-order chi connectivity index (χ0) is 23.4. The fourth-order valence-electron chi connectivity index (χ4n) is 3.61. The summed E-state index contributed by atoms with van der Waals surface area (Å²) in [6.45, 7) is 1.53. The van der Waals surface area contributed by atoms with Gasteiger partial charge in [-0.25, -0.2) is 4.79 Å². The number of ether oxygens (including phenoxy) is 1. The van der Waals surface area contributed by atoms with E-state index in [4.69, 9.17) is 21.6 Å². The third-order valence-electron chi connectivity index (χ3n) is 5.28. The summed E-state index contributed by atoms with van der Waals surface area (Å²) in [6.07, 6.45) is 0.420. The van der Waals surface area contributed by atoms with Crippen LogP contribution in [0.5, 0.6) is 5.75 Å². The van der Waals surface area contributed by atoms with Crippen LogP contribution in [0.4, 0.5) is 5.69 Å². The lowest BCUT2D eigenvalue weighted by Crippen LogP contribution is -2.26. The number of primary amides is 1. The predicted octanol–water partition coefficient (Wildman–Crippen LogP) is 2.13. The van der Waals surface area contributed by atoms with Gasteiger partial charge in [0.15, 0.2) is 5.96 Å². The van der Waals surface area contributed by atoms with Crippen molar-refractivity contribution in [2.45, 2.75) is 12.8 Å². The van der Waals surface area contributed by atoms with Crippen molar-refractivity contribution < 1.29 is 14.3 Å². The Balaban J connectivity index is 1.59. The SMILES string of the molecule is N=C(N)c1ccc2c(CCC(N)=O)c(OC(=O)c3ccc(NC4=NCCN4)cc3)ccc2c1. The zero-order valence-corrected chi connectivity index (χ0v) is 17.9. The molecule has 0 bridgehead atoms. The number of hydrogen-bond donors (Lipinski definition) is 5. The number of benzene rings is 3. The van der Waals surface area contributed by atoms with E-state index in [0.29, 0.717) is 34.8 Å². The van der Waals surface area contributed by atoms with Crippen molar-refractivity contribution >= 4 is 40.1 Å². The normalized spacial score (nSPS) is 12.7. The minimum atomic E-state index is -0.516. The fraction of sp³-hybridized carbons (Fsp3) is 0.167. The lowest BCUT2D eigenvalue weighted by atomic mass is 9.97. The molecule has 0 spiro atoms. The number of hydrogen-bond acceptors (Lipinski definition) is 7. The van der Waals surface area contributed by atoms with Gasteiger partial charge in [0.1, 0.15) is 11.6 Å². The van der Waals surface area contributed by atoms with Crippen LogP contribution in [0.2, 0.25) is 0 Å². The Morgan fingerprint density at radius 2 is 1.82 bits per heavy atom. The summed E-state index contributed by atoms with van der Waals surface area (Å²) in [5, 5.41) is 15.5. The van der Waals surface area contributed by atoms with E-state index in [9.17, 15) is 9.59 Å². The van der Waals surface area contributed by atoms with E-state index in [0.717, 1.165) is 29.5 Å². The van der Waals surface area contributed by atoms with Gasteiger partial charge in [0.2, 0.25) is 5.91 Å². The predicted molar refractivity (Wildman–Crippen MR) is 128 cm³/mol. The summed E-state index contributed by atoms with van der Waals surface area (Å²) in [4.78, 5) is 28.5. The first-order chi connectivity index (χ1) is 15.9. The topological polar surface area (TPSA) is 156 Å². The summed E-state index contributed by atoms with van der Waals surface area (Å²) < 4.78 is 5.71. The first kappa shape index (κ1) is 21.8. The summed E-state index contributed by atoms with van der Waals surface area (Å²) in [7, 11) is 0. The van der Waals surface area contributed by atoms with Gasteiger partial charge in [-0.1, -0.05) is 18.2 Å². The maximum atomic E-state index is 12.8. The Labute approximate surface area is 190 Å². The van der Waals surface area contributed by atoms with E-state index in [-0.39, 0.29) is 12.3 Å². The van der Waals surface area contributed by atoms with Crippen LogP contribution in [0.1, 0.15) is 27.9 Å².